The minimum atomic E-state index is -0.194. The van der Waals surface area contributed by atoms with Crippen molar-refractivity contribution in [3.8, 4) is 5.69 Å². The van der Waals surface area contributed by atoms with E-state index in [0.29, 0.717) is 9.90 Å². The summed E-state index contributed by atoms with van der Waals surface area (Å²) in [4.78, 5) is 13.5. The van der Waals surface area contributed by atoms with Crippen LogP contribution in [0, 0.1) is 6.92 Å². The first-order valence-electron chi connectivity index (χ1n) is 6.75. The van der Waals surface area contributed by atoms with Crippen LogP contribution in [-0.2, 0) is 0 Å². The van der Waals surface area contributed by atoms with Crippen LogP contribution >= 0.6 is 22.9 Å². The number of aromatic nitrogens is 2. The van der Waals surface area contributed by atoms with Gasteiger partial charge in [0.2, 0.25) is 0 Å². The highest BCUT2D eigenvalue weighted by atomic mass is 35.5. The lowest BCUT2D eigenvalue weighted by Crippen LogP contribution is -2.25. The molecule has 0 aliphatic carbocycles. The number of nitrogens with zero attached hydrogens (tertiary/aromatic N) is 2. The molecule has 3 rings (SSSR count). The molecule has 0 aliphatic rings. The predicted octanol–water partition coefficient (Wildman–Crippen LogP) is 2.77. The van der Waals surface area contributed by atoms with Crippen molar-refractivity contribution < 1.29 is 9.90 Å². The van der Waals surface area contributed by atoms with Gasteiger partial charge in [-0.3, -0.25) is 4.79 Å². The maximum absolute atomic E-state index is 12.0. The van der Waals surface area contributed by atoms with Crippen LogP contribution < -0.4 is 5.32 Å². The Kier molecular flexibility index (Phi) is 4.15. The summed E-state index contributed by atoms with van der Waals surface area (Å²) in [6.45, 7) is 2.06. The Morgan fingerprint density at radius 3 is 2.95 bits per heavy atom. The molecule has 0 saturated carbocycles. The monoisotopic (exact) mass is 335 g/mol. The molecule has 2 heterocycles. The molecule has 2 aromatic heterocycles. The molecule has 5 nitrogen and oxygen atoms in total. The van der Waals surface area contributed by atoms with Crippen molar-refractivity contribution in [3.05, 3.63) is 45.9 Å². The number of thiophene rings is 1. The molecule has 1 aromatic carbocycles. The van der Waals surface area contributed by atoms with Crippen LogP contribution in [0.15, 0.2) is 30.3 Å². The molecular formula is C15H14ClN3O2S. The van der Waals surface area contributed by atoms with E-state index in [-0.39, 0.29) is 19.1 Å². The van der Waals surface area contributed by atoms with Gasteiger partial charge in [-0.1, -0.05) is 23.7 Å². The number of para-hydroxylation sites is 1. The third kappa shape index (κ3) is 2.61. The van der Waals surface area contributed by atoms with Crippen molar-refractivity contribution in [2.24, 2.45) is 0 Å². The van der Waals surface area contributed by atoms with E-state index in [4.69, 9.17) is 16.7 Å². The molecule has 0 aliphatic heterocycles. The van der Waals surface area contributed by atoms with E-state index >= 15 is 0 Å². The van der Waals surface area contributed by atoms with Gasteiger partial charge in [-0.25, -0.2) is 4.68 Å². The van der Waals surface area contributed by atoms with Gasteiger partial charge in [0, 0.05) is 11.9 Å². The van der Waals surface area contributed by atoms with Crippen molar-refractivity contribution in [3.63, 3.8) is 0 Å². The molecule has 1 amide bonds. The van der Waals surface area contributed by atoms with Gasteiger partial charge in [0.25, 0.3) is 5.91 Å². The number of hydrogen-bond donors (Lipinski definition) is 2. The largest absolute Gasteiger partial charge is 0.395 e. The van der Waals surface area contributed by atoms with Crippen LogP contribution in [0.25, 0.3) is 15.9 Å². The number of rotatable bonds is 4. The predicted molar refractivity (Wildman–Crippen MR) is 88.1 cm³/mol. The summed E-state index contributed by atoms with van der Waals surface area (Å²) in [6, 6.07) is 9.28. The number of amides is 1. The smallest absolute Gasteiger partial charge is 0.261 e. The van der Waals surface area contributed by atoms with Gasteiger partial charge in [0.05, 0.1) is 27.9 Å². The fourth-order valence-corrected chi connectivity index (χ4v) is 3.51. The Balaban J connectivity index is 2.08. The quantitative estimate of drug-likeness (QED) is 0.770. The van der Waals surface area contributed by atoms with Crippen molar-refractivity contribution in [2.75, 3.05) is 13.2 Å². The minimum absolute atomic E-state index is 0.0803. The summed E-state index contributed by atoms with van der Waals surface area (Å²) >= 11 is 7.60. The van der Waals surface area contributed by atoms with Crippen LogP contribution in [0.1, 0.15) is 15.4 Å². The molecule has 22 heavy (non-hydrogen) atoms. The number of hydrogen-bond acceptors (Lipinski definition) is 4. The Hall–Kier alpha value is -1.89. The summed E-state index contributed by atoms with van der Waals surface area (Å²) < 4.78 is 1.76. The first-order valence-corrected chi connectivity index (χ1v) is 7.94. The number of nitrogens with one attached hydrogen (secondary N) is 1. The number of aryl methyl sites for hydroxylation is 1. The van der Waals surface area contributed by atoms with E-state index in [1.807, 2.05) is 37.3 Å². The van der Waals surface area contributed by atoms with Gasteiger partial charge in [-0.05, 0) is 25.1 Å². The molecule has 0 unspecified atom stereocenters. The molecule has 0 atom stereocenters. The maximum Gasteiger partial charge on any atom is 0.261 e. The number of carbonyl (C=O) groups excluding carboxylic acids is 1. The highest BCUT2D eigenvalue weighted by molar-refractivity contribution is 7.20. The molecule has 0 spiro atoms. The van der Waals surface area contributed by atoms with E-state index in [2.05, 4.69) is 10.4 Å². The van der Waals surface area contributed by atoms with E-state index in [0.717, 1.165) is 21.6 Å². The summed E-state index contributed by atoms with van der Waals surface area (Å²) in [6.07, 6.45) is 0. The number of halogens is 1. The molecule has 114 valence electrons. The molecule has 0 saturated heterocycles. The van der Waals surface area contributed by atoms with E-state index < -0.39 is 0 Å². The van der Waals surface area contributed by atoms with Crippen molar-refractivity contribution in [1.82, 2.24) is 15.1 Å². The number of fused-ring (bicyclic) bond motifs is 1. The van der Waals surface area contributed by atoms with Crippen LogP contribution in [0.5, 0.6) is 0 Å². The maximum atomic E-state index is 12.0. The Morgan fingerprint density at radius 2 is 2.23 bits per heavy atom. The lowest BCUT2D eigenvalue weighted by Gasteiger charge is -2.04. The van der Waals surface area contributed by atoms with Crippen molar-refractivity contribution >= 4 is 39.1 Å². The van der Waals surface area contributed by atoms with E-state index in [9.17, 15) is 4.79 Å². The number of carbonyl (C=O) groups is 1. The zero-order valence-corrected chi connectivity index (χ0v) is 13.4. The summed E-state index contributed by atoms with van der Waals surface area (Å²) in [7, 11) is 0. The Labute approximate surface area is 136 Å². The molecule has 0 radical (unpaired) electrons. The van der Waals surface area contributed by atoms with Crippen molar-refractivity contribution in [2.45, 2.75) is 6.92 Å². The molecular weight excluding hydrogens is 322 g/mol. The average molecular weight is 336 g/mol. The third-order valence-corrected chi connectivity index (χ3v) is 4.68. The fourth-order valence-electron chi connectivity index (χ4n) is 2.20. The topological polar surface area (TPSA) is 67.2 Å². The SMILES string of the molecule is Cc1nn(-c2ccccc2Cl)c2sc(C(=O)NCCO)cc12. The van der Waals surface area contributed by atoms with E-state index in [1.165, 1.54) is 11.3 Å². The third-order valence-electron chi connectivity index (χ3n) is 3.25. The fraction of sp³-hybridized carbons (Fsp3) is 0.200. The minimum Gasteiger partial charge on any atom is -0.395 e. The van der Waals surface area contributed by atoms with E-state index in [1.54, 1.807) is 4.68 Å². The first-order chi connectivity index (χ1) is 10.6. The highest BCUT2D eigenvalue weighted by Crippen LogP contribution is 2.32. The number of benzene rings is 1. The van der Waals surface area contributed by atoms with Crippen LogP contribution in [-0.4, -0.2) is 33.9 Å². The van der Waals surface area contributed by atoms with Crippen LogP contribution in [0.2, 0.25) is 5.02 Å². The van der Waals surface area contributed by atoms with Gasteiger partial charge in [-0.2, -0.15) is 5.10 Å². The normalized spacial score (nSPS) is 11.0. The lowest BCUT2D eigenvalue weighted by molar-refractivity contribution is 0.0949. The zero-order valence-electron chi connectivity index (χ0n) is 11.8. The molecule has 2 N–H and O–H groups in total. The standard InChI is InChI=1S/C15H14ClN3O2S/c1-9-10-8-13(14(21)17-6-7-20)22-15(10)19(18-9)12-5-3-2-4-11(12)16/h2-5,8,20H,6-7H2,1H3,(H,17,21). The van der Waals surface area contributed by atoms with Gasteiger partial charge in [0.15, 0.2) is 0 Å². The number of aliphatic hydroxyl groups excluding tert-OH is 1. The number of aliphatic hydroxyl groups is 1. The molecule has 7 heteroatoms. The van der Waals surface area contributed by atoms with Gasteiger partial charge < -0.3 is 10.4 Å². The zero-order chi connectivity index (χ0) is 15.7. The van der Waals surface area contributed by atoms with Crippen LogP contribution in [0.4, 0.5) is 0 Å². The summed E-state index contributed by atoms with van der Waals surface area (Å²) in [5, 5.41) is 17.5. The molecule has 0 fully saturated rings. The lowest BCUT2D eigenvalue weighted by atomic mass is 10.3. The Bertz CT molecular complexity index is 841. The Morgan fingerprint density at radius 1 is 1.45 bits per heavy atom. The average Bonchev–Trinajstić information content (AvgIpc) is 3.07. The van der Waals surface area contributed by atoms with Crippen molar-refractivity contribution in [1.29, 1.82) is 0 Å². The van der Waals surface area contributed by atoms with Gasteiger partial charge >= 0.3 is 0 Å². The second kappa shape index (κ2) is 6.08. The van der Waals surface area contributed by atoms with Gasteiger partial charge in [-0.15, -0.1) is 11.3 Å². The highest BCUT2D eigenvalue weighted by Gasteiger charge is 2.17. The second-order valence-corrected chi connectivity index (χ2v) is 6.20. The summed E-state index contributed by atoms with van der Waals surface area (Å²) in [5.41, 5.74) is 1.62. The van der Waals surface area contributed by atoms with Gasteiger partial charge in [0.1, 0.15) is 4.83 Å². The molecule has 3 aromatic rings. The molecule has 0 bridgehead atoms. The van der Waals surface area contributed by atoms with Crippen LogP contribution in [0.3, 0.4) is 0 Å². The summed E-state index contributed by atoms with van der Waals surface area (Å²) in [5.74, 6) is -0.194. The second-order valence-electron chi connectivity index (χ2n) is 4.76. The first kappa shape index (κ1) is 15.0.